The third kappa shape index (κ3) is 2.77. The Morgan fingerprint density at radius 2 is 2.11 bits per heavy atom. The molecule has 5 nitrogen and oxygen atoms in total. The van der Waals surface area contributed by atoms with Crippen molar-refractivity contribution in [2.45, 2.75) is 32.9 Å². The minimum atomic E-state index is -1.14. The van der Waals surface area contributed by atoms with Crippen molar-refractivity contribution in [3.8, 4) is 0 Å². The van der Waals surface area contributed by atoms with Crippen LogP contribution in [0.2, 0.25) is 0 Å². The molecule has 0 saturated carbocycles. The molecule has 0 bridgehead atoms. The number of hydrogen-bond donors (Lipinski definition) is 2. The molecule has 3 N–H and O–H groups in total. The fourth-order valence-electron chi connectivity index (χ4n) is 1.88. The minimum absolute atomic E-state index is 0.133. The van der Waals surface area contributed by atoms with Gasteiger partial charge in [-0.15, -0.1) is 0 Å². The normalized spacial score (nSPS) is 15.7. The van der Waals surface area contributed by atoms with E-state index in [0.717, 1.165) is 4.47 Å². The van der Waals surface area contributed by atoms with Crippen LogP contribution in [0.15, 0.2) is 10.7 Å². The molecule has 0 amide bonds. The quantitative estimate of drug-likeness (QED) is 0.862. The Bertz CT molecular complexity index is 401. The van der Waals surface area contributed by atoms with E-state index in [2.05, 4.69) is 21.0 Å². The summed E-state index contributed by atoms with van der Waals surface area (Å²) in [5.41, 5.74) is 4.97. The minimum Gasteiger partial charge on any atom is -0.383 e. The van der Waals surface area contributed by atoms with E-state index in [9.17, 15) is 5.11 Å². The summed E-state index contributed by atoms with van der Waals surface area (Å²) in [6, 6.07) is 0. The highest BCUT2D eigenvalue weighted by Crippen LogP contribution is 2.41. The standard InChI is InChI=1S/C12H22BrN3O2/c1-11(2,3)12(17,8-14)10-9(13)7-15-16(10)5-6-18-4/h7,17H,5-6,8,14H2,1-4H3. The van der Waals surface area contributed by atoms with Crippen molar-refractivity contribution < 1.29 is 9.84 Å². The molecule has 0 saturated heterocycles. The lowest BCUT2D eigenvalue weighted by molar-refractivity contribution is -0.0638. The third-order valence-electron chi connectivity index (χ3n) is 3.23. The maximum absolute atomic E-state index is 10.9. The van der Waals surface area contributed by atoms with Gasteiger partial charge in [-0.3, -0.25) is 4.68 Å². The van der Waals surface area contributed by atoms with Crippen molar-refractivity contribution in [3.63, 3.8) is 0 Å². The number of halogens is 1. The molecule has 0 fully saturated rings. The summed E-state index contributed by atoms with van der Waals surface area (Å²) in [5, 5.41) is 15.2. The Balaban J connectivity index is 3.24. The number of hydrogen-bond acceptors (Lipinski definition) is 4. The fraction of sp³-hybridized carbons (Fsp3) is 0.750. The Morgan fingerprint density at radius 1 is 1.50 bits per heavy atom. The van der Waals surface area contributed by atoms with Gasteiger partial charge in [0.25, 0.3) is 0 Å². The first kappa shape index (κ1) is 15.6. The van der Waals surface area contributed by atoms with Gasteiger partial charge in [-0.2, -0.15) is 5.10 Å². The molecule has 6 heteroatoms. The number of nitrogens with zero attached hydrogens (tertiary/aromatic N) is 2. The number of ether oxygens (including phenoxy) is 1. The molecule has 1 rings (SSSR count). The molecule has 1 atom stereocenters. The van der Waals surface area contributed by atoms with Crippen LogP contribution in [0.1, 0.15) is 26.5 Å². The summed E-state index contributed by atoms with van der Waals surface area (Å²) in [6.07, 6.45) is 1.68. The Hall–Kier alpha value is -0.430. The summed E-state index contributed by atoms with van der Waals surface area (Å²) < 4.78 is 7.56. The molecule has 0 aliphatic carbocycles. The zero-order valence-electron chi connectivity index (χ0n) is 11.4. The predicted molar refractivity (Wildman–Crippen MR) is 74.2 cm³/mol. The number of methoxy groups -OCH3 is 1. The number of rotatable bonds is 5. The van der Waals surface area contributed by atoms with Gasteiger partial charge in [-0.25, -0.2) is 0 Å². The molecule has 1 aromatic rings. The summed E-state index contributed by atoms with van der Waals surface area (Å²) in [5.74, 6) is 0. The van der Waals surface area contributed by atoms with Crippen LogP contribution in [0, 0.1) is 5.41 Å². The van der Waals surface area contributed by atoms with Crippen LogP contribution in [-0.4, -0.2) is 35.1 Å². The largest absolute Gasteiger partial charge is 0.383 e. The van der Waals surface area contributed by atoms with Crippen LogP contribution >= 0.6 is 15.9 Å². The van der Waals surface area contributed by atoms with Gasteiger partial charge in [-0.1, -0.05) is 20.8 Å². The van der Waals surface area contributed by atoms with Crippen LogP contribution in [0.3, 0.4) is 0 Å². The Morgan fingerprint density at radius 3 is 2.56 bits per heavy atom. The van der Waals surface area contributed by atoms with Crippen molar-refractivity contribution >= 4 is 15.9 Å². The van der Waals surface area contributed by atoms with E-state index in [-0.39, 0.29) is 6.54 Å². The second-order valence-corrected chi connectivity index (χ2v) is 6.23. The molecule has 18 heavy (non-hydrogen) atoms. The molecule has 0 aliphatic rings. The van der Waals surface area contributed by atoms with Gasteiger partial charge in [0.05, 0.1) is 29.5 Å². The van der Waals surface area contributed by atoms with Crippen LogP contribution in [-0.2, 0) is 16.9 Å². The number of aromatic nitrogens is 2. The summed E-state index contributed by atoms with van der Waals surface area (Å²) in [7, 11) is 1.64. The molecule has 1 unspecified atom stereocenters. The number of nitrogens with two attached hydrogens (primary N) is 1. The van der Waals surface area contributed by atoms with Crippen LogP contribution in [0.5, 0.6) is 0 Å². The first-order valence-electron chi connectivity index (χ1n) is 5.91. The molecule has 0 aromatic carbocycles. The molecule has 0 spiro atoms. The zero-order chi connectivity index (χ0) is 14.0. The summed E-state index contributed by atoms with van der Waals surface area (Å²) in [6.45, 7) is 7.12. The highest BCUT2D eigenvalue weighted by molar-refractivity contribution is 9.10. The van der Waals surface area contributed by atoms with Crippen molar-refractivity contribution in [2.24, 2.45) is 11.1 Å². The second-order valence-electron chi connectivity index (χ2n) is 5.37. The van der Waals surface area contributed by atoms with Gasteiger partial charge in [-0.05, 0) is 21.3 Å². The van der Waals surface area contributed by atoms with Crippen LogP contribution < -0.4 is 5.73 Å². The average molecular weight is 320 g/mol. The van der Waals surface area contributed by atoms with Crippen molar-refractivity contribution in [1.82, 2.24) is 9.78 Å². The summed E-state index contributed by atoms with van der Waals surface area (Å²) >= 11 is 3.44. The third-order valence-corrected chi connectivity index (χ3v) is 3.81. The van der Waals surface area contributed by atoms with E-state index in [1.165, 1.54) is 0 Å². The Labute approximate surface area is 116 Å². The second kappa shape index (κ2) is 5.69. The highest BCUT2D eigenvalue weighted by atomic mass is 79.9. The predicted octanol–water partition coefficient (Wildman–Crippen LogP) is 1.48. The van der Waals surface area contributed by atoms with Crippen LogP contribution in [0.25, 0.3) is 0 Å². The van der Waals surface area contributed by atoms with Crippen molar-refractivity contribution in [1.29, 1.82) is 0 Å². The topological polar surface area (TPSA) is 73.3 Å². The SMILES string of the molecule is COCCn1ncc(Br)c1C(O)(CN)C(C)(C)C. The lowest BCUT2D eigenvalue weighted by atomic mass is 9.74. The maximum atomic E-state index is 10.9. The van der Waals surface area contributed by atoms with Gasteiger partial charge in [0, 0.05) is 13.7 Å². The monoisotopic (exact) mass is 319 g/mol. The van der Waals surface area contributed by atoms with Gasteiger partial charge in [0.15, 0.2) is 0 Å². The van der Waals surface area contributed by atoms with E-state index in [0.29, 0.717) is 18.8 Å². The molecule has 0 radical (unpaired) electrons. The van der Waals surface area contributed by atoms with Gasteiger partial charge in [0.2, 0.25) is 0 Å². The molecule has 0 aliphatic heterocycles. The molecule has 1 heterocycles. The lowest BCUT2D eigenvalue weighted by Crippen LogP contribution is -2.48. The number of aliphatic hydroxyl groups is 1. The Kier molecular flexibility index (Phi) is 4.94. The van der Waals surface area contributed by atoms with Crippen molar-refractivity contribution in [2.75, 3.05) is 20.3 Å². The van der Waals surface area contributed by atoms with Gasteiger partial charge in [0.1, 0.15) is 5.60 Å². The van der Waals surface area contributed by atoms with E-state index in [1.807, 2.05) is 20.8 Å². The van der Waals surface area contributed by atoms with E-state index in [1.54, 1.807) is 18.0 Å². The molecule has 1 aromatic heterocycles. The molecule has 104 valence electrons. The summed E-state index contributed by atoms with van der Waals surface area (Å²) in [4.78, 5) is 0. The van der Waals surface area contributed by atoms with Crippen molar-refractivity contribution in [3.05, 3.63) is 16.4 Å². The first-order valence-corrected chi connectivity index (χ1v) is 6.70. The van der Waals surface area contributed by atoms with Gasteiger partial charge < -0.3 is 15.6 Å². The zero-order valence-corrected chi connectivity index (χ0v) is 13.0. The highest BCUT2D eigenvalue weighted by Gasteiger charge is 2.44. The maximum Gasteiger partial charge on any atom is 0.124 e. The van der Waals surface area contributed by atoms with E-state index >= 15 is 0 Å². The average Bonchev–Trinajstić information content (AvgIpc) is 2.65. The van der Waals surface area contributed by atoms with Crippen LogP contribution in [0.4, 0.5) is 0 Å². The lowest BCUT2D eigenvalue weighted by Gasteiger charge is -2.40. The fourth-order valence-corrected chi connectivity index (χ4v) is 2.50. The first-order chi connectivity index (χ1) is 8.28. The van der Waals surface area contributed by atoms with E-state index in [4.69, 9.17) is 10.5 Å². The smallest absolute Gasteiger partial charge is 0.124 e. The van der Waals surface area contributed by atoms with Gasteiger partial charge >= 0.3 is 0 Å². The van der Waals surface area contributed by atoms with E-state index < -0.39 is 11.0 Å². The molecular weight excluding hydrogens is 298 g/mol. The molecular formula is C12H22BrN3O2.